The predicted octanol–water partition coefficient (Wildman–Crippen LogP) is 0.816. The average Bonchev–Trinajstić information content (AvgIpc) is 2.78. The van der Waals surface area contributed by atoms with Crippen LogP contribution in [0.4, 0.5) is 0 Å². The van der Waals surface area contributed by atoms with Crippen molar-refractivity contribution in [3.05, 3.63) is 12.0 Å². The molecule has 1 unspecified atom stereocenters. The van der Waals surface area contributed by atoms with Crippen LogP contribution in [0.1, 0.15) is 19.2 Å². The number of carbonyl (C=O) groups excluding carboxylic acids is 1. The molecule has 1 atom stereocenters. The van der Waals surface area contributed by atoms with E-state index < -0.39 is 20.8 Å². The van der Waals surface area contributed by atoms with Crippen molar-refractivity contribution < 1.29 is 17.9 Å². The highest BCUT2D eigenvalue weighted by atomic mass is 79.9. The first kappa shape index (κ1) is 17.1. The Hall–Kier alpha value is -0.930. The molecule has 20 heavy (non-hydrogen) atoms. The third kappa shape index (κ3) is 4.29. The Morgan fingerprint density at radius 2 is 2.25 bits per heavy atom. The number of halogens is 1. The van der Waals surface area contributed by atoms with Crippen molar-refractivity contribution in [3.8, 4) is 0 Å². The van der Waals surface area contributed by atoms with Gasteiger partial charge in [-0.1, -0.05) is 22.9 Å². The van der Waals surface area contributed by atoms with E-state index in [4.69, 9.17) is 0 Å². The van der Waals surface area contributed by atoms with Gasteiger partial charge in [0.2, 0.25) is 0 Å². The number of imidazole rings is 1. The fourth-order valence-electron chi connectivity index (χ4n) is 1.54. The van der Waals surface area contributed by atoms with Crippen LogP contribution in [0.2, 0.25) is 0 Å². The number of sulfonamides is 1. The van der Waals surface area contributed by atoms with Gasteiger partial charge in [0.15, 0.2) is 5.03 Å². The summed E-state index contributed by atoms with van der Waals surface area (Å²) in [6.07, 6.45) is 2.37. The van der Waals surface area contributed by atoms with Gasteiger partial charge in [-0.2, -0.15) is 0 Å². The largest absolute Gasteiger partial charge is 0.468 e. The molecule has 114 valence electrons. The number of nitrogens with zero attached hydrogens (tertiary/aromatic N) is 2. The van der Waals surface area contributed by atoms with E-state index in [2.05, 4.69) is 30.4 Å². The lowest BCUT2D eigenvalue weighted by Gasteiger charge is -2.08. The van der Waals surface area contributed by atoms with Gasteiger partial charge in [0.05, 0.1) is 7.11 Å². The minimum atomic E-state index is -3.74. The number of rotatable bonds is 7. The van der Waals surface area contributed by atoms with E-state index in [0.717, 1.165) is 6.42 Å². The quantitative estimate of drug-likeness (QED) is 0.568. The number of ether oxygens (including phenoxy) is 1. The third-order valence-corrected chi connectivity index (χ3v) is 4.59. The van der Waals surface area contributed by atoms with E-state index >= 15 is 0 Å². The zero-order chi connectivity index (χ0) is 15.3. The molecule has 0 aliphatic carbocycles. The van der Waals surface area contributed by atoms with Gasteiger partial charge in [0.1, 0.15) is 10.7 Å². The number of methoxy groups -OCH3 is 1. The molecule has 9 heteroatoms. The van der Waals surface area contributed by atoms with Crippen molar-refractivity contribution in [3.63, 3.8) is 0 Å². The SMILES string of the molecule is CCCn1cc(S(=O)(=O)NCC(Br)C(=O)OC)nc1C. The van der Waals surface area contributed by atoms with E-state index in [9.17, 15) is 13.2 Å². The first-order chi connectivity index (χ1) is 9.31. The van der Waals surface area contributed by atoms with Gasteiger partial charge < -0.3 is 9.30 Å². The zero-order valence-corrected chi connectivity index (χ0v) is 14.0. The average molecular weight is 368 g/mol. The van der Waals surface area contributed by atoms with Crippen molar-refractivity contribution in [2.45, 2.75) is 36.7 Å². The first-order valence-electron chi connectivity index (χ1n) is 6.07. The molecule has 0 amide bonds. The number of alkyl halides is 1. The van der Waals surface area contributed by atoms with Gasteiger partial charge in [-0.25, -0.2) is 18.1 Å². The van der Waals surface area contributed by atoms with Crippen molar-refractivity contribution in [2.24, 2.45) is 0 Å². The molecule has 0 aromatic carbocycles. The van der Waals surface area contributed by atoms with E-state index in [-0.39, 0.29) is 11.6 Å². The molecule has 7 nitrogen and oxygen atoms in total. The first-order valence-corrected chi connectivity index (χ1v) is 8.47. The molecule has 0 spiro atoms. The number of hydrogen-bond donors (Lipinski definition) is 1. The minimum absolute atomic E-state index is 0.0481. The summed E-state index contributed by atoms with van der Waals surface area (Å²) in [5, 5.41) is -0.0481. The smallest absolute Gasteiger partial charge is 0.320 e. The molecule has 1 aromatic rings. The maximum atomic E-state index is 12.1. The molecule has 0 aliphatic rings. The van der Waals surface area contributed by atoms with Gasteiger partial charge in [-0.05, 0) is 13.3 Å². The lowest BCUT2D eigenvalue weighted by molar-refractivity contribution is -0.139. The van der Waals surface area contributed by atoms with Crippen LogP contribution in [0.3, 0.4) is 0 Å². The standard InChI is InChI=1S/C11H18BrN3O4S/c1-4-5-15-7-10(14-8(15)2)20(17,18)13-6-9(12)11(16)19-3/h7,9,13H,4-6H2,1-3H3. The fourth-order valence-corrected chi connectivity index (χ4v) is 3.16. The van der Waals surface area contributed by atoms with Gasteiger partial charge in [-0.15, -0.1) is 0 Å². The maximum absolute atomic E-state index is 12.1. The molecule has 0 bridgehead atoms. The number of nitrogens with one attached hydrogen (secondary N) is 1. The number of carbonyl (C=O) groups is 1. The van der Waals surface area contributed by atoms with Crippen LogP contribution < -0.4 is 4.72 Å². The van der Waals surface area contributed by atoms with Crippen molar-refractivity contribution in [1.82, 2.24) is 14.3 Å². The third-order valence-electron chi connectivity index (χ3n) is 2.60. The molecular formula is C11H18BrN3O4S. The number of aryl methyl sites for hydroxylation is 2. The molecule has 0 aliphatic heterocycles. The Morgan fingerprint density at radius 3 is 2.80 bits per heavy atom. The lowest BCUT2D eigenvalue weighted by Crippen LogP contribution is -2.34. The summed E-state index contributed by atoms with van der Waals surface area (Å²) in [4.78, 5) is 14.5. The Labute approximate surface area is 126 Å². The van der Waals surface area contributed by atoms with Crippen LogP contribution in [-0.2, 0) is 26.1 Å². The summed E-state index contributed by atoms with van der Waals surface area (Å²) in [7, 11) is -2.50. The molecule has 1 N–H and O–H groups in total. The Kier molecular flexibility index (Phi) is 6.15. The molecule has 1 aromatic heterocycles. The van der Waals surface area contributed by atoms with Gasteiger partial charge in [-0.3, -0.25) is 4.79 Å². The molecule has 0 radical (unpaired) electrons. The summed E-state index contributed by atoms with van der Waals surface area (Å²) in [5.41, 5.74) is 0. The molecule has 0 saturated carbocycles. The van der Waals surface area contributed by atoms with Crippen LogP contribution in [0, 0.1) is 6.92 Å². The Balaban J connectivity index is 2.79. The molecular weight excluding hydrogens is 350 g/mol. The fraction of sp³-hybridized carbons (Fsp3) is 0.636. The highest BCUT2D eigenvalue weighted by molar-refractivity contribution is 9.10. The summed E-state index contributed by atoms with van der Waals surface area (Å²) >= 11 is 3.05. The highest BCUT2D eigenvalue weighted by Gasteiger charge is 2.22. The molecule has 0 saturated heterocycles. The second-order valence-electron chi connectivity index (χ2n) is 4.16. The zero-order valence-electron chi connectivity index (χ0n) is 11.6. The van der Waals surface area contributed by atoms with Crippen LogP contribution >= 0.6 is 15.9 Å². The minimum Gasteiger partial charge on any atom is -0.468 e. The Bertz CT molecular complexity index is 570. The van der Waals surface area contributed by atoms with Crippen LogP contribution in [0.25, 0.3) is 0 Å². The van der Waals surface area contributed by atoms with Crippen LogP contribution in [0.15, 0.2) is 11.2 Å². The summed E-state index contributed by atoms with van der Waals surface area (Å²) in [6, 6.07) is 0. The molecule has 1 heterocycles. The van der Waals surface area contributed by atoms with E-state index in [1.165, 1.54) is 13.3 Å². The van der Waals surface area contributed by atoms with E-state index in [1.54, 1.807) is 11.5 Å². The van der Waals surface area contributed by atoms with Gasteiger partial charge >= 0.3 is 5.97 Å². The van der Waals surface area contributed by atoms with E-state index in [1.807, 2.05) is 6.92 Å². The van der Waals surface area contributed by atoms with Gasteiger partial charge in [0, 0.05) is 19.3 Å². The second-order valence-corrected chi connectivity index (χ2v) is 6.98. The van der Waals surface area contributed by atoms with E-state index in [0.29, 0.717) is 12.4 Å². The number of esters is 1. The predicted molar refractivity (Wildman–Crippen MR) is 77.2 cm³/mol. The van der Waals surface area contributed by atoms with Crippen molar-refractivity contribution in [1.29, 1.82) is 0 Å². The summed E-state index contributed by atoms with van der Waals surface area (Å²) in [5.74, 6) is 0.0935. The molecule has 0 fully saturated rings. The normalized spacial score (nSPS) is 13.2. The van der Waals surface area contributed by atoms with Gasteiger partial charge in [0.25, 0.3) is 10.0 Å². The summed E-state index contributed by atoms with van der Waals surface area (Å²) in [6.45, 7) is 4.35. The molecule has 1 rings (SSSR count). The number of hydrogen-bond acceptors (Lipinski definition) is 5. The maximum Gasteiger partial charge on any atom is 0.320 e. The number of aromatic nitrogens is 2. The van der Waals surface area contributed by atoms with Crippen molar-refractivity contribution in [2.75, 3.05) is 13.7 Å². The monoisotopic (exact) mass is 367 g/mol. The van der Waals surface area contributed by atoms with Crippen LogP contribution in [-0.4, -0.2) is 42.4 Å². The van der Waals surface area contributed by atoms with Crippen molar-refractivity contribution >= 4 is 31.9 Å². The van der Waals surface area contributed by atoms with Crippen LogP contribution in [0.5, 0.6) is 0 Å². The lowest BCUT2D eigenvalue weighted by atomic mass is 10.4. The highest BCUT2D eigenvalue weighted by Crippen LogP contribution is 2.10. The Morgan fingerprint density at radius 1 is 1.60 bits per heavy atom. The topological polar surface area (TPSA) is 90.3 Å². The summed E-state index contributed by atoms with van der Waals surface area (Å²) < 4.78 is 32.7. The second kappa shape index (κ2) is 7.19.